The first-order chi connectivity index (χ1) is 16.8. The predicted molar refractivity (Wildman–Crippen MR) is 136 cm³/mol. The van der Waals surface area contributed by atoms with Crippen LogP contribution in [0.1, 0.15) is 35.0 Å². The highest BCUT2D eigenvalue weighted by Gasteiger charge is 2.28. The maximum Gasteiger partial charge on any atom is 0.404 e. The van der Waals surface area contributed by atoms with Crippen LogP contribution in [0.15, 0.2) is 24.3 Å². The van der Waals surface area contributed by atoms with Crippen LogP contribution in [0.5, 0.6) is 5.75 Å². The number of rotatable bonds is 5. The van der Waals surface area contributed by atoms with Gasteiger partial charge in [0.05, 0.1) is 24.9 Å². The van der Waals surface area contributed by atoms with Crippen molar-refractivity contribution in [1.82, 2.24) is 19.0 Å². The summed E-state index contributed by atoms with van der Waals surface area (Å²) >= 11 is 1.78. The number of methoxy groups -OCH3 is 1. The molecule has 1 aliphatic heterocycles. The van der Waals surface area contributed by atoms with E-state index in [9.17, 15) is 9.59 Å². The minimum absolute atomic E-state index is 0.150. The Morgan fingerprint density at radius 1 is 1.26 bits per heavy atom. The van der Waals surface area contributed by atoms with Crippen molar-refractivity contribution in [3.05, 3.63) is 34.7 Å². The molecular formula is C25H29N5O4S. The van der Waals surface area contributed by atoms with E-state index in [0.717, 1.165) is 30.0 Å². The highest BCUT2D eigenvalue weighted by Crippen LogP contribution is 2.36. The third-order valence-corrected chi connectivity index (χ3v) is 7.68. The number of aryl methyl sites for hydroxylation is 3. The summed E-state index contributed by atoms with van der Waals surface area (Å²) in [5, 5.41) is 1.21. The van der Waals surface area contributed by atoms with Crippen molar-refractivity contribution < 1.29 is 19.1 Å². The minimum atomic E-state index is -0.819. The number of amides is 2. The third-order valence-electron chi connectivity index (χ3n) is 6.59. The number of nitrogens with two attached hydrogens (primary N) is 1. The van der Waals surface area contributed by atoms with Crippen LogP contribution in [0, 0.1) is 6.92 Å². The number of hydrogen-bond donors (Lipinski definition) is 1. The van der Waals surface area contributed by atoms with Crippen LogP contribution >= 0.6 is 11.3 Å². The molecule has 1 aromatic carbocycles. The molecule has 5 rings (SSSR count). The maximum absolute atomic E-state index is 13.4. The van der Waals surface area contributed by atoms with Crippen molar-refractivity contribution >= 4 is 44.6 Å². The van der Waals surface area contributed by atoms with Crippen molar-refractivity contribution in [2.45, 2.75) is 39.3 Å². The van der Waals surface area contributed by atoms with Gasteiger partial charge >= 0.3 is 6.09 Å². The molecule has 4 heterocycles. The van der Waals surface area contributed by atoms with Crippen LogP contribution in [0.4, 0.5) is 4.79 Å². The second-order valence-corrected chi connectivity index (χ2v) is 10.1. The average molecular weight is 496 g/mol. The smallest absolute Gasteiger partial charge is 0.404 e. The van der Waals surface area contributed by atoms with Crippen LogP contribution < -0.4 is 10.5 Å². The van der Waals surface area contributed by atoms with E-state index in [1.54, 1.807) is 29.4 Å². The molecule has 9 nitrogen and oxygen atoms in total. The number of piperidine rings is 1. The summed E-state index contributed by atoms with van der Waals surface area (Å²) in [5.74, 6) is 1.25. The van der Waals surface area contributed by atoms with Gasteiger partial charge in [0.15, 0.2) is 5.82 Å². The number of likely N-dealkylation sites (tertiary alicyclic amines) is 1. The zero-order chi connectivity index (χ0) is 24.9. The summed E-state index contributed by atoms with van der Waals surface area (Å²) in [6.45, 7) is 5.98. The number of primary amides is 1. The number of benzene rings is 1. The van der Waals surface area contributed by atoms with Crippen LogP contribution in [0.3, 0.4) is 0 Å². The van der Waals surface area contributed by atoms with Crippen molar-refractivity contribution in [2.24, 2.45) is 12.8 Å². The minimum Gasteiger partial charge on any atom is -0.494 e. The van der Waals surface area contributed by atoms with E-state index in [0.29, 0.717) is 36.3 Å². The van der Waals surface area contributed by atoms with Gasteiger partial charge in [-0.3, -0.25) is 4.79 Å². The van der Waals surface area contributed by atoms with E-state index in [-0.39, 0.29) is 5.91 Å². The molecule has 2 N–H and O–H groups in total. The fraction of sp³-hybridized carbons (Fsp3) is 0.400. The molecule has 2 amide bonds. The summed E-state index contributed by atoms with van der Waals surface area (Å²) in [7, 11) is 3.57. The van der Waals surface area contributed by atoms with Crippen LogP contribution in [-0.2, 0) is 18.3 Å². The van der Waals surface area contributed by atoms with Gasteiger partial charge in [0.25, 0.3) is 5.91 Å². The van der Waals surface area contributed by atoms with Crippen molar-refractivity contribution in [3.8, 4) is 17.3 Å². The third kappa shape index (κ3) is 4.01. The molecule has 1 atom stereocenters. The molecule has 35 heavy (non-hydrogen) atoms. The van der Waals surface area contributed by atoms with E-state index in [2.05, 4.69) is 30.5 Å². The molecule has 0 radical (unpaired) electrons. The SMILES string of the molecule is CCn1c(-c2nc3cc(C(=O)N4CCC[C@@H](OC(N)=O)C4)cc(OC)c3n2C)cc2cc(C)sc21. The van der Waals surface area contributed by atoms with E-state index in [1.807, 2.05) is 17.7 Å². The number of ether oxygens (including phenoxy) is 2. The van der Waals surface area contributed by atoms with Crippen molar-refractivity contribution in [3.63, 3.8) is 0 Å². The molecule has 0 saturated carbocycles. The summed E-state index contributed by atoms with van der Waals surface area (Å²) < 4.78 is 15.1. The summed E-state index contributed by atoms with van der Waals surface area (Å²) in [5.41, 5.74) is 8.21. The first-order valence-electron chi connectivity index (χ1n) is 11.7. The van der Waals surface area contributed by atoms with E-state index >= 15 is 0 Å². The second kappa shape index (κ2) is 8.92. The number of aromatic nitrogens is 3. The lowest BCUT2D eigenvalue weighted by atomic mass is 10.1. The monoisotopic (exact) mass is 495 g/mol. The lowest BCUT2D eigenvalue weighted by Crippen LogP contribution is -2.44. The molecule has 184 valence electrons. The number of imidazole rings is 1. The molecule has 0 bridgehead atoms. The molecule has 0 aliphatic carbocycles. The number of nitrogens with zero attached hydrogens (tertiary/aromatic N) is 4. The molecule has 1 aliphatic rings. The van der Waals surface area contributed by atoms with Gasteiger partial charge in [0, 0.05) is 36.0 Å². The Balaban J connectivity index is 1.55. The van der Waals surface area contributed by atoms with Gasteiger partial charge in [-0.1, -0.05) is 0 Å². The topological polar surface area (TPSA) is 105 Å². The predicted octanol–water partition coefficient (Wildman–Crippen LogP) is 4.29. The highest BCUT2D eigenvalue weighted by molar-refractivity contribution is 7.18. The van der Waals surface area contributed by atoms with Gasteiger partial charge in [0.2, 0.25) is 0 Å². The summed E-state index contributed by atoms with van der Waals surface area (Å²) in [6.07, 6.45) is 0.214. The lowest BCUT2D eigenvalue weighted by molar-refractivity contribution is 0.0373. The molecule has 1 saturated heterocycles. The molecule has 0 spiro atoms. The van der Waals surface area contributed by atoms with Gasteiger partial charge in [-0.15, -0.1) is 11.3 Å². The Labute approximate surface area is 207 Å². The molecular weight excluding hydrogens is 466 g/mol. The number of carbonyl (C=O) groups is 2. The number of carbonyl (C=O) groups excluding carboxylic acids is 2. The Morgan fingerprint density at radius 3 is 2.77 bits per heavy atom. The van der Waals surface area contributed by atoms with Gasteiger partial charge in [-0.25, -0.2) is 9.78 Å². The highest BCUT2D eigenvalue weighted by atomic mass is 32.1. The van der Waals surface area contributed by atoms with Crippen molar-refractivity contribution in [1.29, 1.82) is 0 Å². The second-order valence-electron chi connectivity index (χ2n) is 8.88. The molecule has 1 fully saturated rings. The molecule has 10 heteroatoms. The Kier molecular flexibility index (Phi) is 5.92. The van der Waals surface area contributed by atoms with Crippen molar-refractivity contribution in [2.75, 3.05) is 20.2 Å². The lowest BCUT2D eigenvalue weighted by Gasteiger charge is -2.32. The van der Waals surface area contributed by atoms with Crippen LogP contribution in [0.2, 0.25) is 0 Å². The Bertz CT molecular complexity index is 1450. The Morgan fingerprint density at radius 2 is 2.06 bits per heavy atom. The average Bonchev–Trinajstić information content (AvgIpc) is 3.46. The van der Waals surface area contributed by atoms with Crippen LogP contribution in [-0.4, -0.2) is 57.3 Å². The van der Waals surface area contributed by atoms with Crippen LogP contribution in [0.25, 0.3) is 32.8 Å². The number of hydrogen-bond acceptors (Lipinski definition) is 6. The summed E-state index contributed by atoms with van der Waals surface area (Å²) in [6, 6.07) is 7.95. The molecule has 4 aromatic rings. The molecule has 0 unspecified atom stereocenters. The zero-order valence-corrected chi connectivity index (χ0v) is 21.1. The zero-order valence-electron chi connectivity index (χ0n) is 20.3. The molecule has 3 aromatic heterocycles. The first kappa shape index (κ1) is 23.2. The largest absolute Gasteiger partial charge is 0.494 e. The standard InChI is InChI=1S/C25H29N5O4S/c1-5-30-19(11-16-9-14(2)35-24(16)30)22-27-18-10-15(12-20(33-4)21(18)28(22)3)23(31)29-8-6-7-17(13-29)34-25(26)32/h9-12,17H,5-8,13H2,1-4H3,(H2,26,32)/t17-/m1/s1. The normalized spacial score (nSPS) is 16.2. The van der Waals surface area contributed by atoms with E-state index in [4.69, 9.17) is 20.2 Å². The first-order valence-corrected chi connectivity index (χ1v) is 12.5. The van der Waals surface area contributed by atoms with Gasteiger partial charge < -0.3 is 29.2 Å². The maximum atomic E-state index is 13.4. The van der Waals surface area contributed by atoms with Gasteiger partial charge in [-0.05, 0) is 51.0 Å². The summed E-state index contributed by atoms with van der Waals surface area (Å²) in [4.78, 5) is 33.7. The van der Waals surface area contributed by atoms with Gasteiger partial charge in [0.1, 0.15) is 22.2 Å². The van der Waals surface area contributed by atoms with E-state index in [1.165, 1.54) is 15.1 Å². The quantitative estimate of drug-likeness (QED) is 0.445. The fourth-order valence-corrected chi connectivity index (χ4v) is 6.12. The van der Waals surface area contributed by atoms with Gasteiger partial charge in [-0.2, -0.15) is 0 Å². The fourth-order valence-electron chi connectivity index (χ4n) is 5.05. The Hall–Kier alpha value is -3.53. The number of fused-ring (bicyclic) bond motifs is 2. The van der Waals surface area contributed by atoms with E-state index < -0.39 is 12.2 Å². The number of thiophene rings is 1.